The Morgan fingerprint density at radius 3 is 2.59 bits per heavy atom. The Labute approximate surface area is 104 Å². The summed E-state index contributed by atoms with van der Waals surface area (Å²) in [5.74, 6) is 1.96. The maximum Gasteiger partial charge on any atom is 0.223 e. The summed E-state index contributed by atoms with van der Waals surface area (Å²) in [4.78, 5) is 17.1. The first-order valence-corrected chi connectivity index (χ1v) is 6.34. The molecule has 0 amide bonds. The summed E-state index contributed by atoms with van der Waals surface area (Å²) < 4.78 is 0. The zero-order valence-electron chi connectivity index (χ0n) is 10.1. The van der Waals surface area contributed by atoms with Gasteiger partial charge in [-0.05, 0) is 6.92 Å². The quantitative estimate of drug-likeness (QED) is 0.899. The summed E-state index contributed by atoms with van der Waals surface area (Å²) in [5.41, 5.74) is 6.70. The van der Waals surface area contributed by atoms with Crippen LogP contribution in [0.15, 0.2) is 5.38 Å². The van der Waals surface area contributed by atoms with E-state index in [4.69, 9.17) is 5.73 Å². The predicted molar refractivity (Wildman–Crippen MR) is 68.0 cm³/mol. The van der Waals surface area contributed by atoms with Crippen LogP contribution < -0.4 is 5.73 Å². The fourth-order valence-corrected chi connectivity index (χ4v) is 2.18. The Bertz CT molecular complexity index is 520. The molecule has 2 N–H and O–H groups in total. The van der Waals surface area contributed by atoms with Gasteiger partial charge in [0.05, 0.1) is 6.42 Å². The van der Waals surface area contributed by atoms with E-state index in [1.165, 1.54) is 0 Å². The van der Waals surface area contributed by atoms with Gasteiger partial charge in [0, 0.05) is 17.0 Å². The topological polar surface area (TPSA) is 77.6 Å². The number of nitrogen functional groups attached to an aromatic ring is 1. The Hall–Kier alpha value is -1.56. The molecule has 17 heavy (non-hydrogen) atoms. The van der Waals surface area contributed by atoms with Crippen molar-refractivity contribution in [3.05, 3.63) is 27.7 Å². The number of hydrogen-bond acceptors (Lipinski definition) is 6. The lowest BCUT2D eigenvalue weighted by atomic mass is 10.2. The molecule has 90 valence electrons. The molecule has 2 heterocycles. The average molecular weight is 249 g/mol. The van der Waals surface area contributed by atoms with Gasteiger partial charge in [-0.1, -0.05) is 13.8 Å². The molecular weight excluding hydrogens is 234 g/mol. The largest absolute Gasteiger partial charge is 0.368 e. The number of anilines is 1. The average Bonchev–Trinajstić information content (AvgIpc) is 2.63. The molecule has 0 fully saturated rings. The third kappa shape index (κ3) is 2.97. The van der Waals surface area contributed by atoms with Crippen molar-refractivity contribution in [1.29, 1.82) is 0 Å². The molecule has 0 saturated heterocycles. The van der Waals surface area contributed by atoms with Gasteiger partial charge >= 0.3 is 0 Å². The highest BCUT2D eigenvalue weighted by molar-refractivity contribution is 7.09. The highest BCUT2D eigenvalue weighted by Crippen LogP contribution is 2.14. The van der Waals surface area contributed by atoms with Crippen LogP contribution in [0.3, 0.4) is 0 Å². The minimum atomic E-state index is 0.247. The van der Waals surface area contributed by atoms with Crippen LogP contribution in [0.2, 0.25) is 0 Å². The molecule has 0 bridgehead atoms. The maximum absolute atomic E-state index is 5.68. The molecule has 0 spiro atoms. The summed E-state index contributed by atoms with van der Waals surface area (Å²) in [7, 11) is 0. The van der Waals surface area contributed by atoms with E-state index in [0.717, 1.165) is 16.5 Å². The summed E-state index contributed by atoms with van der Waals surface area (Å²) in [5, 5.41) is 3.02. The van der Waals surface area contributed by atoms with E-state index in [1.807, 2.05) is 26.2 Å². The molecule has 0 aliphatic rings. The van der Waals surface area contributed by atoms with Crippen LogP contribution in [-0.2, 0) is 6.42 Å². The van der Waals surface area contributed by atoms with Crippen molar-refractivity contribution in [3.8, 4) is 0 Å². The molecule has 0 aliphatic carbocycles. The standard InChI is InChI=1S/C11H15N5S/c1-6(2)10-14-8(15-11(12)16-10)4-9-13-7(3)5-17-9/h5-6H,4H2,1-3H3,(H2,12,14,15,16). The second-order valence-electron chi connectivity index (χ2n) is 4.18. The van der Waals surface area contributed by atoms with Crippen LogP contribution in [0.4, 0.5) is 5.95 Å². The molecule has 0 saturated carbocycles. The molecule has 0 radical (unpaired) electrons. The zero-order chi connectivity index (χ0) is 12.4. The Morgan fingerprint density at radius 2 is 2.00 bits per heavy atom. The van der Waals surface area contributed by atoms with Gasteiger partial charge in [0.1, 0.15) is 16.7 Å². The number of nitrogens with zero attached hydrogens (tertiary/aromatic N) is 4. The number of aryl methyl sites for hydroxylation is 1. The molecule has 2 aromatic rings. The molecule has 5 nitrogen and oxygen atoms in total. The first-order valence-electron chi connectivity index (χ1n) is 5.46. The van der Waals surface area contributed by atoms with Crippen molar-refractivity contribution in [2.24, 2.45) is 0 Å². The Morgan fingerprint density at radius 1 is 1.24 bits per heavy atom. The first kappa shape index (κ1) is 11.9. The third-order valence-electron chi connectivity index (χ3n) is 2.21. The van der Waals surface area contributed by atoms with E-state index in [1.54, 1.807) is 11.3 Å². The van der Waals surface area contributed by atoms with E-state index < -0.39 is 0 Å². The van der Waals surface area contributed by atoms with E-state index in [0.29, 0.717) is 12.2 Å². The summed E-state index contributed by atoms with van der Waals surface area (Å²) in [6.07, 6.45) is 0.616. The molecule has 0 aromatic carbocycles. The van der Waals surface area contributed by atoms with Crippen molar-refractivity contribution >= 4 is 17.3 Å². The van der Waals surface area contributed by atoms with Gasteiger partial charge in [-0.3, -0.25) is 0 Å². The van der Waals surface area contributed by atoms with Crippen LogP contribution in [-0.4, -0.2) is 19.9 Å². The van der Waals surface area contributed by atoms with Gasteiger partial charge in [-0.15, -0.1) is 11.3 Å². The molecule has 0 unspecified atom stereocenters. The highest BCUT2D eigenvalue weighted by Gasteiger charge is 2.09. The van der Waals surface area contributed by atoms with E-state index in [9.17, 15) is 0 Å². The minimum absolute atomic E-state index is 0.247. The molecule has 2 rings (SSSR count). The van der Waals surface area contributed by atoms with Crippen LogP contribution in [0.5, 0.6) is 0 Å². The normalized spacial score (nSPS) is 11.1. The minimum Gasteiger partial charge on any atom is -0.368 e. The van der Waals surface area contributed by atoms with Gasteiger partial charge in [0.25, 0.3) is 0 Å². The smallest absolute Gasteiger partial charge is 0.223 e. The molecule has 2 aromatic heterocycles. The maximum atomic E-state index is 5.68. The van der Waals surface area contributed by atoms with E-state index in [2.05, 4.69) is 19.9 Å². The number of thiazole rings is 1. The monoisotopic (exact) mass is 249 g/mol. The van der Waals surface area contributed by atoms with Crippen molar-refractivity contribution in [2.75, 3.05) is 5.73 Å². The van der Waals surface area contributed by atoms with Gasteiger partial charge in [-0.2, -0.15) is 9.97 Å². The van der Waals surface area contributed by atoms with Crippen LogP contribution in [0.1, 0.15) is 42.1 Å². The van der Waals surface area contributed by atoms with Crippen LogP contribution >= 0.6 is 11.3 Å². The second kappa shape index (κ2) is 4.75. The van der Waals surface area contributed by atoms with E-state index >= 15 is 0 Å². The number of nitrogens with two attached hydrogens (primary N) is 1. The van der Waals surface area contributed by atoms with Crippen molar-refractivity contribution in [3.63, 3.8) is 0 Å². The lowest BCUT2D eigenvalue weighted by molar-refractivity contribution is 0.742. The van der Waals surface area contributed by atoms with Gasteiger partial charge in [0.2, 0.25) is 5.95 Å². The van der Waals surface area contributed by atoms with Gasteiger partial charge in [0.15, 0.2) is 0 Å². The predicted octanol–water partition coefficient (Wildman–Crippen LogP) is 1.93. The van der Waals surface area contributed by atoms with Crippen LogP contribution in [0.25, 0.3) is 0 Å². The lowest BCUT2D eigenvalue weighted by Crippen LogP contribution is -2.08. The molecule has 6 heteroatoms. The fourth-order valence-electron chi connectivity index (χ4n) is 1.41. The fraction of sp³-hybridized carbons (Fsp3) is 0.455. The van der Waals surface area contributed by atoms with Crippen LogP contribution in [0, 0.1) is 6.92 Å². The summed E-state index contributed by atoms with van der Waals surface area (Å²) >= 11 is 1.61. The van der Waals surface area contributed by atoms with Crippen molar-refractivity contribution in [2.45, 2.75) is 33.1 Å². The second-order valence-corrected chi connectivity index (χ2v) is 5.12. The number of hydrogen-bond donors (Lipinski definition) is 1. The SMILES string of the molecule is Cc1csc(Cc2nc(N)nc(C(C)C)n2)n1. The number of aromatic nitrogens is 4. The zero-order valence-corrected chi connectivity index (χ0v) is 11.0. The summed E-state index contributed by atoms with van der Waals surface area (Å²) in [6, 6.07) is 0. The van der Waals surface area contributed by atoms with Crippen molar-refractivity contribution < 1.29 is 0 Å². The Balaban J connectivity index is 2.26. The summed E-state index contributed by atoms with van der Waals surface area (Å²) in [6.45, 7) is 6.04. The Kier molecular flexibility index (Phi) is 3.33. The highest BCUT2D eigenvalue weighted by atomic mass is 32.1. The molecule has 0 aliphatic heterocycles. The first-order chi connectivity index (χ1) is 8.04. The van der Waals surface area contributed by atoms with E-state index in [-0.39, 0.29) is 11.9 Å². The van der Waals surface area contributed by atoms with Gasteiger partial charge < -0.3 is 5.73 Å². The molecular formula is C11H15N5S. The lowest BCUT2D eigenvalue weighted by Gasteiger charge is -2.05. The van der Waals surface area contributed by atoms with Crippen molar-refractivity contribution in [1.82, 2.24) is 19.9 Å². The number of rotatable bonds is 3. The molecule has 0 atom stereocenters. The third-order valence-corrected chi connectivity index (χ3v) is 3.18. The van der Waals surface area contributed by atoms with Gasteiger partial charge in [-0.25, -0.2) is 9.97 Å².